The van der Waals surface area contributed by atoms with Gasteiger partial charge >= 0.3 is 0 Å². The van der Waals surface area contributed by atoms with Gasteiger partial charge in [-0.3, -0.25) is 9.80 Å². The van der Waals surface area contributed by atoms with Crippen molar-refractivity contribution in [3.05, 3.63) is 24.4 Å². The Kier molecular flexibility index (Phi) is 6.57. The highest BCUT2D eigenvalue weighted by Gasteiger charge is 2.18. The molecule has 0 aliphatic carbocycles. The van der Waals surface area contributed by atoms with Gasteiger partial charge in [0.1, 0.15) is 0 Å². The first-order chi connectivity index (χ1) is 9.79. The van der Waals surface area contributed by atoms with E-state index in [4.69, 9.17) is 4.74 Å². The summed E-state index contributed by atoms with van der Waals surface area (Å²) in [5, 5.41) is 0. The van der Waals surface area contributed by atoms with Gasteiger partial charge in [0.25, 0.3) is 0 Å². The third kappa shape index (κ3) is 4.93. The maximum atomic E-state index is 5.39. The van der Waals surface area contributed by atoms with Crippen molar-refractivity contribution in [3.8, 4) is 0 Å². The van der Waals surface area contributed by atoms with E-state index in [-0.39, 0.29) is 0 Å². The average molecular weight is 279 g/mol. The molecule has 0 radical (unpaired) electrons. The van der Waals surface area contributed by atoms with E-state index in [1.54, 1.807) is 0 Å². The van der Waals surface area contributed by atoms with Crippen LogP contribution in [-0.2, 0) is 4.74 Å². The van der Waals surface area contributed by atoms with Crippen molar-refractivity contribution in [1.29, 1.82) is 0 Å². The monoisotopic (exact) mass is 279 g/mol. The average Bonchev–Trinajstić information content (AvgIpc) is 2.52. The number of morpholine rings is 1. The van der Waals surface area contributed by atoms with Gasteiger partial charge in [0, 0.05) is 58.1 Å². The summed E-state index contributed by atoms with van der Waals surface area (Å²) in [7, 11) is 0. The van der Waals surface area contributed by atoms with Gasteiger partial charge in [-0.05, 0) is 12.5 Å². The molecule has 2 fully saturated rings. The van der Waals surface area contributed by atoms with Gasteiger partial charge in [-0.2, -0.15) is 0 Å². The van der Waals surface area contributed by atoms with E-state index < -0.39 is 0 Å². The van der Waals surface area contributed by atoms with Crippen LogP contribution in [0.4, 0.5) is 0 Å². The molecule has 0 aromatic carbocycles. The lowest BCUT2D eigenvalue weighted by Gasteiger charge is -2.37. The van der Waals surface area contributed by atoms with E-state index in [0.29, 0.717) is 0 Å². The molecule has 0 spiro atoms. The summed E-state index contributed by atoms with van der Waals surface area (Å²) in [5.41, 5.74) is 1.17. The van der Waals surface area contributed by atoms with Crippen LogP contribution in [0, 0.1) is 0 Å². The summed E-state index contributed by atoms with van der Waals surface area (Å²) in [4.78, 5) is 7.49. The predicted octanol–water partition coefficient (Wildman–Crippen LogP) is 1.42. The molecule has 0 aromatic heterocycles. The molecule has 0 atom stereocenters. The number of piperazine rings is 1. The minimum Gasteiger partial charge on any atom is -0.379 e. The van der Waals surface area contributed by atoms with Crippen LogP contribution in [0.2, 0.25) is 0 Å². The van der Waals surface area contributed by atoms with Crippen molar-refractivity contribution < 1.29 is 4.74 Å². The zero-order chi connectivity index (χ0) is 14.2. The Hall–Kier alpha value is -0.840. The second-order valence-corrected chi connectivity index (χ2v) is 5.58. The second-order valence-electron chi connectivity index (χ2n) is 5.58. The fourth-order valence-electron chi connectivity index (χ4n) is 2.73. The quantitative estimate of drug-likeness (QED) is 0.684. The maximum Gasteiger partial charge on any atom is 0.0594 e. The first kappa shape index (κ1) is 15.5. The Morgan fingerprint density at radius 3 is 2.20 bits per heavy atom. The second kappa shape index (κ2) is 8.45. The molecule has 114 valence electrons. The molecule has 0 amide bonds. The van der Waals surface area contributed by atoms with Crippen LogP contribution >= 0.6 is 0 Å². The number of hydrogen-bond donors (Lipinski definition) is 0. The molecule has 4 heteroatoms. The Morgan fingerprint density at radius 2 is 1.60 bits per heavy atom. The molecule has 2 saturated heterocycles. The van der Waals surface area contributed by atoms with Gasteiger partial charge in [-0.15, -0.1) is 0 Å². The fourth-order valence-corrected chi connectivity index (χ4v) is 2.73. The summed E-state index contributed by atoms with van der Waals surface area (Å²) < 4.78 is 5.39. The zero-order valence-electron chi connectivity index (χ0n) is 12.9. The van der Waals surface area contributed by atoms with Crippen LogP contribution in [0.3, 0.4) is 0 Å². The van der Waals surface area contributed by atoms with Gasteiger partial charge < -0.3 is 9.64 Å². The molecule has 0 saturated carbocycles. The molecule has 0 aromatic rings. The first-order valence-corrected chi connectivity index (χ1v) is 7.92. The first-order valence-electron chi connectivity index (χ1n) is 7.92. The standard InChI is InChI=1S/C16H29N3O/c1-3-4-5-16(2)19-10-8-17(9-11-19)6-7-18-12-14-20-15-13-18/h4-5H,2-3,6-15H2,1H3/b5-4-. The SMILES string of the molecule is C=C(/C=C\CC)N1CCN(CCN2CCOCC2)CC1. The molecule has 4 nitrogen and oxygen atoms in total. The smallest absolute Gasteiger partial charge is 0.0594 e. The van der Waals surface area contributed by atoms with Crippen molar-refractivity contribution >= 4 is 0 Å². The molecule has 2 aliphatic rings. The molecule has 2 rings (SSSR count). The van der Waals surface area contributed by atoms with Crippen molar-refractivity contribution in [2.45, 2.75) is 13.3 Å². The van der Waals surface area contributed by atoms with Crippen LogP contribution in [0.15, 0.2) is 24.4 Å². The van der Waals surface area contributed by atoms with Crippen LogP contribution in [-0.4, -0.2) is 80.3 Å². The summed E-state index contributed by atoms with van der Waals surface area (Å²) >= 11 is 0. The number of allylic oxidation sites excluding steroid dienone is 2. The largest absolute Gasteiger partial charge is 0.379 e. The van der Waals surface area contributed by atoms with Crippen molar-refractivity contribution in [1.82, 2.24) is 14.7 Å². The van der Waals surface area contributed by atoms with Gasteiger partial charge in [0.2, 0.25) is 0 Å². The summed E-state index contributed by atoms with van der Waals surface area (Å²) in [6, 6.07) is 0. The lowest BCUT2D eigenvalue weighted by Crippen LogP contribution is -2.48. The number of nitrogens with zero attached hydrogens (tertiary/aromatic N) is 3. The van der Waals surface area contributed by atoms with Gasteiger partial charge in [-0.1, -0.05) is 19.6 Å². The molecule has 0 N–H and O–H groups in total. The highest BCUT2D eigenvalue weighted by Crippen LogP contribution is 2.09. The van der Waals surface area contributed by atoms with Crippen LogP contribution in [0.5, 0.6) is 0 Å². The Morgan fingerprint density at radius 1 is 1.00 bits per heavy atom. The van der Waals surface area contributed by atoms with E-state index in [9.17, 15) is 0 Å². The van der Waals surface area contributed by atoms with Gasteiger partial charge in [0.05, 0.1) is 13.2 Å². The Bertz CT molecular complexity index is 316. The number of rotatable bonds is 6. The Labute approximate surface area is 123 Å². The summed E-state index contributed by atoms with van der Waals surface area (Å²) in [5.74, 6) is 0. The molecule has 0 bridgehead atoms. The topological polar surface area (TPSA) is 19.0 Å². The zero-order valence-corrected chi connectivity index (χ0v) is 12.9. The van der Waals surface area contributed by atoms with Crippen LogP contribution < -0.4 is 0 Å². The minimum atomic E-state index is 0.900. The van der Waals surface area contributed by atoms with E-state index >= 15 is 0 Å². The van der Waals surface area contributed by atoms with Crippen LogP contribution in [0.25, 0.3) is 0 Å². The highest BCUT2D eigenvalue weighted by molar-refractivity contribution is 5.13. The van der Waals surface area contributed by atoms with E-state index in [1.165, 1.54) is 18.8 Å². The maximum absolute atomic E-state index is 5.39. The van der Waals surface area contributed by atoms with E-state index in [0.717, 1.165) is 58.9 Å². The van der Waals surface area contributed by atoms with Crippen molar-refractivity contribution in [3.63, 3.8) is 0 Å². The number of hydrogen-bond acceptors (Lipinski definition) is 4. The van der Waals surface area contributed by atoms with E-state index in [1.807, 2.05) is 0 Å². The normalized spacial score (nSPS) is 22.6. The van der Waals surface area contributed by atoms with Gasteiger partial charge in [-0.25, -0.2) is 0 Å². The lowest BCUT2D eigenvalue weighted by molar-refractivity contribution is 0.0310. The number of ether oxygens (including phenoxy) is 1. The molecule has 0 unspecified atom stereocenters. The molecular formula is C16H29N3O. The predicted molar refractivity (Wildman–Crippen MR) is 83.8 cm³/mol. The van der Waals surface area contributed by atoms with Crippen molar-refractivity contribution in [2.24, 2.45) is 0 Å². The third-order valence-electron chi connectivity index (χ3n) is 4.16. The van der Waals surface area contributed by atoms with E-state index in [2.05, 4.69) is 40.4 Å². The summed E-state index contributed by atoms with van der Waals surface area (Å²) in [6.45, 7) is 17.2. The highest BCUT2D eigenvalue weighted by atomic mass is 16.5. The lowest BCUT2D eigenvalue weighted by atomic mass is 10.2. The Balaban J connectivity index is 1.63. The van der Waals surface area contributed by atoms with Gasteiger partial charge in [0.15, 0.2) is 0 Å². The summed E-state index contributed by atoms with van der Waals surface area (Å²) in [6.07, 6.45) is 5.43. The van der Waals surface area contributed by atoms with Crippen LogP contribution in [0.1, 0.15) is 13.3 Å². The minimum absolute atomic E-state index is 0.900. The van der Waals surface area contributed by atoms with Crippen molar-refractivity contribution in [2.75, 3.05) is 65.6 Å². The third-order valence-corrected chi connectivity index (χ3v) is 4.16. The molecule has 2 heterocycles. The molecule has 2 aliphatic heterocycles. The molecule has 20 heavy (non-hydrogen) atoms. The molecular weight excluding hydrogens is 250 g/mol. The fraction of sp³-hybridized carbons (Fsp3) is 0.750.